The lowest BCUT2D eigenvalue weighted by atomic mass is 9.98. The molecule has 0 fully saturated rings. The van der Waals surface area contributed by atoms with E-state index in [1.165, 1.54) is 0 Å². The second-order valence-electron chi connectivity index (χ2n) is 6.71. The Morgan fingerprint density at radius 3 is 2.69 bits per heavy atom. The Labute approximate surface area is 175 Å². The topological polar surface area (TPSA) is 78.9 Å². The van der Waals surface area contributed by atoms with Crippen molar-refractivity contribution in [1.29, 1.82) is 0 Å². The number of aromatic amines is 1. The third-order valence-electron chi connectivity index (χ3n) is 4.73. The zero-order valence-electron chi connectivity index (χ0n) is 15.8. The standard InChI is InChI=1S/C23H21N3O2S/c1-2-3-6-18(13-14-29)22-24-21(25-26-22)15-16-9-11-17(12-10-16)19-7-4-5-8-20(19)23(27)28/h1,4-5,7-12,14,18H,3,6,13,15H2,(H,27,28)(H,24,25,26). The molecule has 1 aromatic heterocycles. The molecule has 0 bridgehead atoms. The molecule has 0 aliphatic carbocycles. The third-order valence-corrected chi connectivity index (χ3v) is 4.92. The largest absolute Gasteiger partial charge is 0.478 e. The molecule has 0 radical (unpaired) electrons. The van der Waals surface area contributed by atoms with Gasteiger partial charge in [-0.2, -0.15) is 5.10 Å². The van der Waals surface area contributed by atoms with E-state index in [2.05, 4.69) is 21.1 Å². The van der Waals surface area contributed by atoms with Crippen molar-refractivity contribution in [2.45, 2.75) is 31.6 Å². The van der Waals surface area contributed by atoms with E-state index in [0.29, 0.717) is 24.8 Å². The number of carboxylic acids is 1. The summed E-state index contributed by atoms with van der Waals surface area (Å²) >= 11 is 4.99. The summed E-state index contributed by atoms with van der Waals surface area (Å²) in [6, 6.07) is 14.8. The summed E-state index contributed by atoms with van der Waals surface area (Å²) in [4.78, 5) is 16.0. The minimum absolute atomic E-state index is 0.128. The van der Waals surface area contributed by atoms with Crippen molar-refractivity contribution in [3.05, 3.63) is 71.3 Å². The maximum absolute atomic E-state index is 11.4. The molecule has 5 nitrogen and oxygen atoms in total. The van der Waals surface area contributed by atoms with Gasteiger partial charge >= 0.3 is 5.97 Å². The van der Waals surface area contributed by atoms with Crippen LogP contribution in [0.15, 0.2) is 48.5 Å². The van der Waals surface area contributed by atoms with Crippen molar-refractivity contribution >= 4 is 23.6 Å². The number of carbonyl (C=O) groups is 1. The summed E-state index contributed by atoms with van der Waals surface area (Å²) in [5.74, 6) is 3.36. The zero-order valence-corrected chi connectivity index (χ0v) is 16.7. The Kier molecular flexibility index (Phi) is 6.88. The normalized spacial score (nSPS) is 11.6. The van der Waals surface area contributed by atoms with Gasteiger partial charge in [0.15, 0.2) is 5.82 Å². The highest BCUT2D eigenvalue weighted by molar-refractivity contribution is 7.78. The van der Waals surface area contributed by atoms with Crippen LogP contribution in [0.5, 0.6) is 0 Å². The number of rotatable bonds is 9. The summed E-state index contributed by atoms with van der Waals surface area (Å²) in [6.45, 7) is 0. The summed E-state index contributed by atoms with van der Waals surface area (Å²) in [5, 5.41) is 18.4. The van der Waals surface area contributed by atoms with Crippen LogP contribution in [-0.2, 0) is 6.42 Å². The van der Waals surface area contributed by atoms with Gasteiger partial charge in [-0.15, -0.1) is 12.3 Å². The van der Waals surface area contributed by atoms with E-state index in [0.717, 1.165) is 29.2 Å². The van der Waals surface area contributed by atoms with Crippen LogP contribution in [0, 0.1) is 12.3 Å². The lowest BCUT2D eigenvalue weighted by Gasteiger charge is -2.08. The van der Waals surface area contributed by atoms with Gasteiger partial charge in [0, 0.05) is 18.8 Å². The molecule has 2 aromatic carbocycles. The highest BCUT2D eigenvalue weighted by Crippen LogP contribution is 2.25. The van der Waals surface area contributed by atoms with Crippen LogP contribution in [0.2, 0.25) is 0 Å². The highest BCUT2D eigenvalue weighted by atomic mass is 32.1. The molecule has 3 rings (SSSR count). The predicted octanol–water partition coefficient (Wildman–Crippen LogP) is 4.65. The van der Waals surface area contributed by atoms with Gasteiger partial charge in [0.1, 0.15) is 5.82 Å². The van der Waals surface area contributed by atoms with E-state index < -0.39 is 5.97 Å². The second kappa shape index (κ2) is 9.76. The lowest BCUT2D eigenvalue weighted by molar-refractivity contribution is 0.0697. The Morgan fingerprint density at radius 1 is 1.24 bits per heavy atom. The molecule has 6 heteroatoms. The number of benzene rings is 2. The van der Waals surface area contributed by atoms with Gasteiger partial charge in [0.2, 0.25) is 0 Å². The number of aromatic carboxylic acids is 1. The molecule has 0 amide bonds. The van der Waals surface area contributed by atoms with Gasteiger partial charge in [-0.1, -0.05) is 54.7 Å². The van der Waals surface area contributed by atoms with E-state index in [1.54, 1.807) is 17.5 Å². The van der Waals surface area contributed by atoms with Gasteiger partial charge in [-0.3, -0.25) is 5.10 Å². The van der Waals surface area contributed by atoms with E-state index in [4.69, 9.17) is 18.6 Å². The molecule has 2 N–H and O–H groups in total. The van der Waals surface area contributed by atoms with E-state index in [9.17, 15) is 9.90 Å². The quantitative estimate of drug-likeness (QED) is 0.402. The van der Waals surface area contributed by atoms with Gasteiger partial charge in [0.25, 0.3) is 0 Å². The van der Waals surface area contributed by atoms with Crippen molar-refractivity contribution in [2.75, 3.05) is 0 Å². The molecule has 0 aliphatic heterocycles. The number of nitrogens with one attached hydrogen (secondary N) is 1. The van der Waals surface area contributed by atoms with Gasteiger partial charge in [0.05, 0.1) is 5.56 Å². The van der Waals surface area contributed by atoms with Crippen molar-refractivity contribution in [1.82, 2.24) is 15.2 Å². The first kappa shape index (κ1) is 20.4. The average molecular weight is 404 g/mol. The SMILES string of the molecule is C#CCCC(CC=S)c1n[nH]c(Cc2ccc(-c3ccccc3C(=O)O)cc2)n1. The van der Waals surface area contributed by atoms with E-state index >= 15 is 0 Å². The summed E-state index contributed by atoms with van der Waals surface area (Å²) < 4.78 is 0. The molecule has 29 heavy (non-hydrogen) atoms. The molecule has 1 unspecified atom stereocenters. The first-order chi connectivity index (χ1) is 14.1. The molecule has 0 saturated heterocycles. The summed E-state index contributed by atoms with van der Waals surface area (Å²) in [7, 11) is 0. The highest BCUT2D eigenvalue weighted by Gasteiger charge is 2.16. The predicted molar refractivity (Wildman–Crippen MR) is 117 cm³/mol. The lowest BCUT2D eigenvalue weighted by Crippen LogP contribution is -2.02. The van der Waals surface area contributed by atoms with Crippen LogP contribution in [0.3, 0.4) is 0 Å². The van der Waals surface area contributed by atoms with Crippen LogP contribution < -0.4 is 0 Å². The van der Waals surface area contributed by atoms with Gasteiger partial charge < -0.3 is 5.11 Å². The minimum Gasteiger partial charge on any atom is -0.478 e. The molecule has 3 aromatic rings. The van der Waals surface area contributed by atoms with Crippen LogP contribution >= 0.6 is 12.2 Å². The maximum atomic E-state index is 11.4. The molecule has 146 valence electrons. The molecule has 0 spiro atoms. The summed E-state index contributed by atoms with van der Waals surface area (Å²) in [6.07, 6.45) is 8.16. The maximum Gasteiger partial charge on any atom is 0.336 e. The van der Waals surface area contributed by atoms with Gasteiger partial charge in [-0.05, 0) is 41.0 Å². The van der Waals surface area contributed by atoms with Crippen molar-refractivity contribution in [2.24, 2.45) is 0 Å². The fourth-order valence-corrected chi connectivity index (χ4v) is 3.45. The molecule has 1 atom stereocenters. The Hall–Kier alpha value is -3.30. The van der Waals surface area contributed by atoms with Crippen molar-refractivity contribution in [3.8, 4) is 23.5 Å². The third kappa shape index (κ3) is 5.15. The molecular formula is C23H21N3O2S. The number of H-pyrrole nitrogens is 1. The first-order valence-electron chi connectivity index (χ1n) is 9.32. The number of nitrogens with zero attached hydrogens (tertiary/aromatic N) is 2. The minimum atomic E-state index is -0.936. The summed E-state index contributed by atoms with van der Waals surface area (Å²) in [5.41, 5.74) is 2.90. The van der Waals surface area contributed by atoms with Crippen LogP contribution in [-0.4, -0.2) is 31.6 Å². The van der Waals surface area contributed by atoms with Crippen LogP contribution in [0.4, 0.5) is 0 Å². The second-order valence-corrected chi connectivity index (χ2v) is 7.04. The van der Waals surface area contributed by atoms with Crippen LogP contribution in [0.1, 0.15) is 52.8 Å². The Bertz CT molecular complexity index is 1030. The number of carboxylic acid groups (broad SMARTS) is 1. The average Bonchev–Trinajstić information content (AvgIpc) is 3.20. The Morgan fingerprint density at radius 2 is 2.00 bits per heavy atom. The number of terminal acetylenes is 1. The monoisotopic (exact) mass is 403 g/mol. The molecule has 1 heterocycles. The number of thiocarbonyl (C=S) groups is 1. The molecule has 0 saturated carbocycles. The number of hydrogen-bond donors (Lipinski definition) is 2. The van der Waals surface area contributed by atoms with E-state index in [-0.39, 0.29) is 11.5 Å². The van der Waals surface area contributed by atoms with Crippen molar-refractivity contribution in [3.63, 3.8) is 0 Å². The fraction of sp³-hybridized carbons (Fsp3) is 0.217. The zero-order chi connectivity index (χ0) is 20.6. The molecule has 0 aliphatic rings. The molecular weight excluding hydrogens is 382 g/mol. The number of aromatic nitrogens is 3. The fourth-order valence-electron chi connectivity index (χ4n) is 3.21. The van der Waals surface area contributed by atoms with Crippen LogP contribution in [0.25, 0.3) is 11.1 Å². The van der Waals surface area contributed by atoms with Gasteiger partial charge in [-0.25, -0.2) is 9.78 Å². The first-order valence-corrected chi connectivity index (χ1v) is 9.79. The van der Waals surface area contributed by atoms with E-state index in [1.807, 2.05) is 36.4 Å². The Balaban J connectivity index is 1.74. The number of hydrogen-bond acceptors (Lipinski definition) is 4. The van der Waals surface area contributed by atoms with Crippen molar-refractivity contribution < 1.29 is 9.90 Å². The smallest absolute Gasteiger partial charge is 0.336 e.